The van der Waals surface area contributed by atoms with E-state index in [9.17, 15) is 0 Å². The summed E-state index contributed by atoms with van der Waals surface area (Å²) >= 11 is 0. The minimum absolute atomic E-state index is 0.294. The molecule has 2 rings (SSSR count). The zero-order chi connectivity index (χ0) is 35.8. The molecule has 0 amide bonds. The van der Waals surface area contributed by atoms with Gasteiger partial charge in [0.25, 0.3) is 0 Å². The molecule has 0 saturated carbocycles. The molecule has 2 saturated heterocycles. The van der Waals surface area contributed by atoms with Crippen LogP contribution in [0.25, 0.3) is 0 Å². The Morgan fingerprint density at radius 3 is 0.451 bits per heavy atom. The van der Waals surface area contributed by atoms with E-state index in [0.29, 0.717) is 210 Å². The van der Waals surface area contributed by atoms with Gasteiger partial charge in [-0.3, -0.25) is 0 Å². The predicted octanol–water partition coefficient (Wildman–Crippen LogP) is 0.0330. The van der Waals surface area contributed by atoms with Gasteiger partial charge in [0.05, 0.1) is 211 Å². The van der Waals surface area contributed by atoms with Crippen molar-refractivity contribution < 1.29 is 80.5 Å². The molecule has 2 aliphatic rings. The van der Waals surface area contributed by atoms with Gasteiger partial charge in [0.2, 0.25) is 0 Å². The third-order valence-corrected chi connectivity index (χ3v) is 6.62. The fourth-order valence-corrected chi connectivity index (χ4v) is 3.73. The van der Waals surface area contributed by atoms with Gasteiger partial charge in [0.1, 0.15) is 12.2 Å². The molecule has 0 aromatic carbocycles. The highest BCUT2D eigenvalue weighted by Gasteiger charge is 2.22. The monoisotopic (exact) mass is 746 g/mol. The summed E-state index contributed by atoms with van der Waals surface area (Å²) in [6.45, 7) is 17.6. The second-order valence-electron chi connectivity index (χ2n) is 11.0. The summed E-state index contributed by atoms with van der Waals surface area (Å²) in [7, 11) is 0. The van der Waals surface area contributed by atoms with Gasteiger partial charge in [-0.1, -0.05) is 0 Å². The maximum Gasteiger partial charge on any atom is 0.104 e. The zero-order valence-electron chi connectivity index (χ0n) is 30.7. The second kappa shape index (κ2) is 39.0. The Morgan fingerprint density at radius 2 is 0.333 bits per heavy atom. The molecule has 0 N–H and O–H groups in total. The Balaban J connectivity index is 1.09. The largest absolute Gasteiger partial charge is 0.377 e. The van der Waals surface area contributed by atoms with Crippen molar-refractivity contribution in [2.45, 2.75) is 12.2 Å². The van der Waals surface area contributed by atoms with Crippen LogP contribution in [-0.2, 0) is 80.5 Å². The van der Waals surface area contributed by atoms with E-state index in [2.05, 4.69) is 0 Å². The molecule has 0 aliphatic carbocycles. The van der Waals surface area contributed by atoms with Gasteiger partial charge < -0.3 is 80.5 Å². The first-order valence-corrected chi connectivity index (χ1v) is 18.3. The maximum atomic E-state index is 5.49. The first-order chi connectivity index (χ1) is 25.4. The van der Waals surface area contributed by atoms with Gasteiger partial charge >= 0.3 is 0 Å². The van der Waals surface area contributed by atoms with Crippen LogP contribution in [0.4, 0.5) is 0 Å². The van der Waals surface area contributed by atoms with E-state index in [-0.39, 0.29) is 0 Å². The molecule has 2 aliphatic heterocycles. The van der Waals surface area contributed by atoms with E-state index < -0.39 is 0 Å². The number of hydrogen-bond donors (Lipinski definition) is 0. The molecule has 2 fully saturated rings. The third kappa shape index (κ3) is 38.8. The summed E-state index contributed by atoms with van der Waals surface area (Å²) < 4.78 is 92.0. The van der Waals surface area contributed by atoms with Crippen LogP contribution in [-0.4, -0.2) is 224 Å². The van der Waals surface area contributed by atoms with Crippen LogP contribution in [0.15, 0.2) is 0 Å². The van der Waals surface area contributed by atoms with Crippen LogP contribution in [0.2, 0.25) is 0 Å². The lowest BCUT2D eigenvalue weighted by molar-refractivity contribution is -0.0301. The standard InChI is InChI=1S/C34H66O17/c1(3-36-5-7-38-9-11-40-13-15-42-17-19-44-21-23-46-25-27-48-29-33-31-50-33)35-2-4-37-6-8-39-10-12-41-14-16-43-18-20-45-22-24-47-26-28-49-30-34-32-51-34/h33-34H,1-32H2. The summed E-state index contributed by atoms with van der Waals surface area (Å²) in [4.78, 5) is 0. The van der Waals surface area contributed by atoms with Crippen LogP contribution < -0.4 is 0 Å². The van der Waals surface area contributed by atoms with Crippen molar-refractivity contribution in [3.63, 3.8) is 0 Å². The first-order valence-electron chi connectivity index (χ1n) is 18.3. The lowest BCUT2D eigenvalue weighted by atomic mass is 10.5. The van der Waals surface area contributed by atoms with E-state index in [1.165, 1.54) is 0 Å². The van der Waals surface area contributed by atoms with Crippen LogP contribution >= 0.6 is 0 Å². The molecule has 0 aromatic heterocycles. The van der Waals surface area contributed by atoms with Crippen molar-refractivity contribution in [3.8, 4) is 0 Å². The molecular weight excluding hydrogens is 680 g/mol. The van der Waals surface area contributed by atoms with Gasteiger partial charge in [0.15, 0.2) is 0 Å². The van der Waals surface area contributed by atoms with E-state index in [1.54, 1.807) is 0 Å². The highest BCUT2D eigenvalue weighted by Crippen LogP contribution is 2.08. The average Bonchev–Trinajstić information content (AvgIpc) is 4.09. The molecule has 0 aromatic rings. The molecule has 17 heteroatoms. The van der Waals surface area contributed by atoms with E-state index in [0.717, 1.165) is 13.2 Å². The average molecular weight is 747 g/mol. The Labute approximate surface area is 304 Å². The van der Waals surface area contributed by atoms with Crippen molar-refractivity contribution in [1.82, 2.24) is 0 Å². The van der Waals surface area contributed by atoms with Gasteiger partial charge in [-0.05, 0) is 0 Å². The summed E-state index contributed by atoms with van der Waals surface area (Å²) in [5.41, 5.74) is 0. The van der Waals surface area contributed by atoms with Crippen molar-refractivity contribution in [1.29, 1.82) is 0 Å². The van der Waals surface area contributed by atoms with E-state index >= 15 is 0 Å². The Hall–Kier alpha value is -0.680. The van der Waals surface area contributed by atoms with Crippen molar-refractivity contribution in [2.75, 3.05) is 211 Å². The SMILES string of the molecule is C(COCCOCCOCCOCCOCCOCCOCC1CO1)OCCOCCOCCOCCOCCOCCOCCOCC1CO1. The van der Waals surface area contributed by atoms with Crippen LogP contribution in [0.3, 0.4) is 0 Å². The van der Waals surface area contributed by atoms with Crippen LogP contribution in [0.1, 0.15) is 0 Å². The highest BCUT2D eigenvalue weighted by atomic mass is 16.6. The molecular formula is C34H66O17. The normalized spacial score (nSPS) is 16.7. The molecule has 51 heavy (non-hydrogen) atoms. The molecule has 2 atom stereocenters. The smallest absolute Gasteiger partial charge is 0.104 e. The molecule has 2 unspecified atom stereocenters. The minimum atomic E-state index is 0.294. The second-order valence-corrected chi connectivity index (χ2v) is 11.0. The predicted molar refractivity (Wildman–Crippen MR) is 182 cm³/mol. The van der Waals surface area contributed by atoms with Gasteiger partial charge in [0, 0.05) is 0 Å². The van der Waals surface area contributed by atoms with Gasteiger partial charge in [-0.2, -0.15) is 0 Å². The number of rotatable bonds is 46. The first kappa shape index (κ1) is 46.5. The molecule has 0 bridgehead atoms. The van der Waals surface area contributed by atoms with E-state index in [1.807, 2.05) is 0 Å². The number of epoxide rings is 2. The summed E-state index contributed by atoms with van der Waals surface area (Å²) in [5.74, 6) is 0. The molecule has 0 radical (unpaired) electrons. The third-order valence-electron chi connectivity index (χ3n) is 6.62. The highest BCUT2D eigenvalue weighted by molar-refractivity contribution is 4.67. The quantitative estimate of drug-likeness (QED) is 0.0605. The Kier molecular flexibility index (Phi) is 35.6. The van der Waals surface area contributed by atoms with Crippen molar-refractivity contribution in [2.24, 2.45) is 0 Å². The van der Waals surface area contributed by atoms with Crippen LogP contribution in [0.5, 0.6) is 0 Å². The fourth-order valence-electron chi connectivity index (χ4n) is 3.73. The summed E-state index contributed by atoms with van der Waals surface area (Å²) in [6, 6.07) is 0. The molecule has 17 nitrogen and oxygen atoms in total. The van der Waals surface area contributed by atoms with Gasteiger partial charge in [-0.15, -0.1) is 0 Å². The number of hydrogen-bond acceptors (Lipinski definition) is 17. The van der Waals surface area contributed by atoms with E-state index in [4.69, 9.17) is 80.5 Å². The zero-order valence-corrected chi connectivity index (χ0v) is 30.7. The molecule has 304 valence electrons. The lowest BCUT2D eigenvalue weighted by Crippen LogP contribution is -2.16. The van der Waals surface area contributed by atoms with Gasteiger partial charge in [-0.25, -0.2) is 0 Å². The molecule has 2 heterocycles. The lowest BCUT2D eigenvalue weighted by Gasteiger charge is -2.09. The topological polar surface area (TPSA) is 164 Å². The fraction of sp³-hybridized carbons (Fsp3) is 1.00. The Morgan fingerprint density at radius 1 is 0.216 bits per heavy atom. The minimum Gasteiger partial charge on any atom is -0.377 e. The van der Waals surface area contributed by atoms with Crippen molar-refractivity contribution in [3.05, 3.63) is 0 Å². The Bertz CT molecular complexity index is 621. The van der Waals surface area contributed by atoms with Crippen LogP contribution in [0, 0.1) is 0 Å². The van der Waals surface area contributed by atoms with Crippen molar-refractivity contribution >= 4 is 0 Å². The molecule has 0 spiro atoms. The maximum absolute atomic E-state index is 5.49. The summed E-state index contributed by atoms with van der Waals surface area (Å²) in [5, 5.41) is 0. The summed E-state index contributed by atoms with van der Waals surface area (Å²) in [6.07, 6.45) is 0.588. The number of ether oxygens (including phenoxy) is 17.